The van der Waals surface area contributed by atoms with Gasteiger partial charge in [-0.05, 0) is 32.8 Å². The molecule has 2 heterocycles. The van der Waals surface area contributed by atoms with Crippen LogP contribution in [0.25, 0.3) is 0 Å². The Morgan fingerprint density at radius 3 is 2.75 bits per heavy atom. The van der Waals surface area contributed by atoms with Gasteiger partial charge in [0.25, 0.3) is 5.91 Å². The number of carbonyl (C=O) groups is 1. The first kappa shape index (κ1) is 14.9. The monoisotopic (exact) mass is 279 g/mol. The van der Waals surface area contributed by atoms with E-state index < -0.39 is 0 Å². The lowest BCUT2D eigenvalue weighted by Gasteiger charge is -2.32. The number of ether oxygens (including phenoxy) is 1. The number of nitrogens with zero attached hydrogens (tertiary/aromatic N) is 3. The first-order chi connectivity index (χ1) is 9.61. The minimum atomic E-state index is 0.0149. The Morgan fingerprint density at radius 1 is 1.40 bits per heavy atom. The molecule has 1 aromatic heterocycles. The molecular formula is C14H21N3O3. The molecule has 0 aromatic carbocycles. The molecule has 0 unspecified atom stereocenters. The Hall–Kier alpha value is -1.53. The highest BCUT2D eigenvalue weighted by atomic mass is 16.5. The molecule has 1 saturated heterocycles. The Bertz CT molecular complexity index is 471. The summed E-state index contributed by atoms with van der Waals surface area (Å²) in [5.41, 5.74) is 2.05. The summed E-state index contributed by atoms with van der Waals surface area (Å²) < 4.78 is 5.50. The number of likely N-dealkylation sites (tertiary alicyclic amines) is 1. The maximum atomic E-state index is 12.5. The summed E-state index contributed by atoms with van der Waals surface area (Å²) in [6.45, 7) is 5.39. The first-order valence-electron chi connectivity index (χ1n) is 6.94. The number of aliphatic hydroxyl groups excluding tert-OH is 1. The molecule has 0 aliphatic carbocycles. The van der Waals surface area contributed by atoms with E-state index in [1.807, 2.05) is 11.8 Å². The zero-order chi connectivity index (χ0) is 14.5. The summed E-state index contributed by atoms with van der Waals surface area (Å²) in [7, 11) is 0. The maximum Gasteiger partial charge on any atom is 0.255 e. The number of aliphatic hydroxyl groups is 1. The van der Waals surface area contributed by atoms with Gasteiger partial charge in [-0.3, -0.25) is 4.79 Å². The van der Waals surface area contributed by atoms with Crippen molar-refractivity contribution in [1.82, 2.24) is 15.1 Å². The lowest BCUT2D eigenvalue weighted by atomic mass is 10.1. The molecule has 1 aromatic rings. The minimum Gasteiger partial charge on any atom is -0.394 e. The number of piperidine rings is 1. The number of aryl methyl sites for hydroxylation is 2. The van der Waals surface area contributed by atoms with Gasteiger partial charge in [-0.15, -0.1) is 0 Å². The summed E-state index contributed by atoms with van der Waals surface area (Å²) in [5.74, 6) is 0.0149. The summed E-state index contributed by atoms with van der Waals surface area (Å²) in [4.78, 5) is 14.3. The number of rotatable bonds is 4. The van der Waals surface area contributed by atoms with E-state index in [4.69, 9.17) is 9.84 Å². The van der Waals surface area contributed by atoms with Crippen LogP contribution in [0.15, 0.2) is 6.07 Å². The SMILES string of the molecule is Cc1cc(C(=O)N2CCC(OCCO)CC2)c(C)nn1. The van der Waals surface area contributed by atoms with Crippen LogP contribution in [0.3, 0.4) is 0 Å². The van der Waals surface area contributed by atoms with Gasteiger partial charge < -0.3 is 14.7 Å². The molecule has 0 radical (unpaired) electrons. The fourth-order valence-electron chi connectivity index (χ4n) is 2.38. The maximum absolute atomic E-state index is 12.5. The molecule has 2 rings (SSSR count). The van der Waals surface area contributed by atoms with Crippen molar-refractivity contribution in [3.63, 3.8) is 0 Å². The third-order valence-electron chi connectivity index (χ3n) is 3.51. The van der Waals surface area contributed by atoms with E-state index >= 15 is 0 Å². The van der Waals surface area contributed by atoms with Crippen molar-refractivity contribution in [3.8, 4) is 0 Å². The van der Waals surface area contributed by atoms with Crippen molar-refractivity contribution in [2.75, 3.05) is 26.3 Å². The molecule has 6 heteroatoms. The topological polar surface area (TPSA) is 75.6 Å². The van der Waals surface area contributed by atoms with Crippen LogP contribution in [-0.4, -0.2) is 58.5 Å². The molecular weight excluding hydrogens is 258 g/mol. The van der Waals surface area contributed by atoms with Gasteiger partial charge in [-0.25, -0.2) is 0 Å². The van der Waals surface area contributed by atoms with Crippen molar-refractivity contribution in [3.05, 3.63) is 23.0 Å². The van der Waals surface area contributed by atoms with Crippen LogP contribution in [0.5, 0.6) is 0 Å². The summed E-state index contributed by atoms with van der Waals surface area (Å²) in [6.07, 6.45) is 1.76. The molecule has 20 heavy (non-hydrogen) atoms. The fourth-order valence-corrected chi connectivity index (χ4v) is 2.38. The second-order valence-corrected chi connectivity index (χ2v) is 5.07. The van der Waals surface area contributed by atoms with Gasteiger partial charge >= 0.3 is 0 Å². The average molecular weight is 279 g/mol. The first-order valence-corrected chi connectivity index (χ1v) is 6.94. The molecule has 1 aliphatic heterocycles. The third kappa shape index (κ3) is 3.52. The number of aromatic nitrogens is 2. The quantitative estimate of drug-likeness (QED) is 0.878. The molecule has 1 aliphatic rings. The molecule has 0 atom stereocenters. The molecule has 1 fully saturated rings. The van der Waals surface area contributed by atoms with Gasteiger partial charge in [-0.2, -0.15) is 10.2 Å². The number of amides is 1. The van der Waals surface area contributed by atoms with Crippen molar-refractivity contribution in [1.29, 1.82) is 0 Å². The predicted molar refractivity (Wildman–Crippen MR) is 73.5 cm³/mol. The molecule has 110 valence electrons. The zero-order valence-corrected chi connectivity index (χ0v) is 12.0. The summed E-state index contributed by atoms with van der Waals surface area (Å²) >= 11 is 0. The normalized spacial score (nSPS) is 16.4. The van der Waals surface area contributed by atoms with Gasteiger partial charge in [0.15, 0.2) is 0 Å². The summed E-state index contributed by atoms with van der Waals surface area (Å²) in [5, 5.41) is 16.7. The van der Waals surface area contributed by atoms with Gasteiger partial charge in [0.2, 0.25) is 0 Å². The van der Waals surface area contributed by atoms with Crippen LogP contribution in [0.1, 0.15) is 34.6 Å². The Labute approximate surface area is 118 Å². The average Bonchev–Trinajstić information content (AvgIpc) is 2.47. The lowest BCUT2D eigenvalue weighted by molar-refractivity contribution is -0.00556. The van der Waals surface area contributed by atoms with Crippen molar-refractivity contribution < 1.29 is 14.6 Å². The largest absolute Gasteiger partial charge is 0.394 e. The van der Waals surface area contributed by atoms with E-state index in [0.717, 1.165) is 18.5 Å². The Kier molecular flexibility index (Phi) is 5.03. The molecule has 0 saturated carbocycles. The highest BCUT2D eigenvalue weighted by Crippen LogP contribution is 2.17. The Balaban J connectivity index is 1.96. The highest BCUT2D eigenvalue weighted by molar-refractivity contribution is 5.95. The van der Waals surface area contributed by atoms with Crippen LogP contribution in [0.2, 0.25) is 0 Å². The van der Waals surface area contributed by atoms with Gasteiger partial charge in [0, 0.05) is 13.1 Å². The number of hydrogen-bond donors (Lipinski definition) is 1. The second kappa shape index (κ2) is 6.76. The smallest absolute Gasteiger partial charge is 0.255 e. The minimum absolute atomic E-state index is 0.0149. The lowest BCUT2D eigenvalue weighted by Crippen LogP contribution is -2.41. The standard InChI is InChI=1S/C14H21N3O3/c1-10-9-13(11(2)16-15-10)14(19)17-5-3-12(4-6-17)20-8-7-18/h9,12,18H,3-8H2,1-2H3. The van der Waals surface area contributed by atoms with Gasteiger partial charge in [0.1, 0.15) is 0 Å². The van der Waals surface area contributed by atoms with Crippen LogP contribution in [0.4, 0.5) is 0 Å². The van der Waals surface area contributed by atoms with Crippen molar-refractivity contribution in [2.45, 2.75) is 32.8 Å². The molecule has 1 amide bonds. The molecule has 0 spiro atoms. The van der Waals surface area contributed by atoms with Crippen molar-refractivity contribution in [2.24, 2.45) is 0 Å². The highest BCUT2D eigenvalue weighted by Gasteiger charge is 2.25. The zero-order valence-electron chi connectivity index (χ0n) is 12.0. The third-order valence-corrected chi connectivity index (χ3v) is 3.51. The molecule has 0 bridgehead atoms. The van der Waals surface area contributed by atoms with Crippen LogP contribution < -0.4 is 0 Å². The predicted octanol–water partition coefficient (Wildman–Crippen LogP) is 0.707. The van der Waals surface area contributed by atoms with Crippen molar-refractivity contribution >= 4 is 5.91 Å². The molecule has 6 nitrogen and oxygen atoms in total. The Morgan fingerprint density at radius 2 is 2.10 bits per heavy atom. The van der Waals surface area contributed by atoms with Gasteiger partial charge in [-0.1, -0.05) is 0 Å². The van der Waals surface area contributed by atoms with Gasteiger partial charge in [0.05, 0.1) is 36.3 Å². The van der Waals surface area contributed by atoms with E-state index in [-0.39, 0.29) is 18.6 Å². The van der Waals surface area contributed by atoms with E-state index in [0.29, 0.717) is 31.0 Å². The fraction of sp³-hybridized carbons (Fsp3) is 0.643. The van der Waals surface area contributed by atoms with E-state index in [1.54, 1.807) is 13.0 Å². The van der Waals surface area contributed by atoms with Crippen LogP contribution >= 0.6 is 0 Å². The van der Waals surface area contributed by atoms with E-state index in [9.17, 15) is 4.79 Å². The van der Waals surface area contributed by atoms with E-state index in [1.165, 1.54) is 0 Å². The molecule has 1 N–H and O–H groups in total. The van der Waals surface area contributed by atoms with Crippen LogP contribution in [0, 0.1) is 13.8 Å². The van der Waals surface area contributed by atoms with Crippen LogP contribution in [-0.2, 0) is 4.74 Å². The van der Waals surface area contributed by atoms with E-state index in [2.05, 4.69) is 10.2 Å². The second-order valence-electron chi connectivity index (χ2n) is 5.07. The number of carbonyl (C=O) groups excluding carboxylic acids is 1. The number of hydrogen-bond acceptors (Lipinski definition) is 5. The summed E-state index contributed by atoms with van der Waals surface area (Å²) in [6, 6.07) is 1.79.